The van der Waals surface area contributed by atoms with E-state index in [9.17, 15) is 0 Å². The van der Waals surface area contributed by atoms with Crippen LogP contribution in [0, 0.1) is 0 Å². The van der Waals surface area contributed by atoms with Crippen molar-refractivity contribution in [3.05, 3.63) is 53.1 Å². The van der Waals surface area contributed by atoms with Crippen molar-refractivity contribution < 1.29 is 0 Å². The second kappa shape index (κ2) is 5.42. The van der Waals surface area contributed by atoms with E-state index >= 15 is 0 Å². The molecule has 0 aromatic heterocycles. The largest absolute Gasteiger partial charge is 0.378 e. The molecule has 0 aliphatic rings. The number of benzene rings is 2. The van der Waals surface area contributed by atoms with E-state index in [0.717, 1.165) is 21.7 Å². The SMILES string of the molecule is CN(C)c1ccc(-c2ccc(Cl)cc2CN)cc1. The second-order valence-electron chi connectivity index (χ2n) is 4.45. The summed E-state index contributed by atoms with van der Waals surface area (Å²) < 4.78 is 0. The third-order valence-electron chi connectivity index (χ3n) is 2.98. The third kappa shape index (κ3) is 2.66. The molecule has 2 aromatic carbocycles. The zero-order valence-corrected chi connectivity index (χ0v) is 11.4. The summed E-state index contributed by atoms with van der Waals surface area (Å²) in [6, 6.07) is 14.3. The van der Waals surface area contributed by atoms with Gasteiger partial charge in [-0.25, -0.2) is 0 Å². The van der Waals surface area contributed by atoms with Crippen LogP contribution in [0.3, 0.4) is 0 Å². The van der Waals surface area contributed by atoms with Crippen LogP contribution < -0.4 is 10.6 Å². The molecule has 0 heterocycles. The predicted molar refractivity (Wildman–Crippen MR) is 79.1 cm³/mol. The van der Waals surface area contributed by atoms with Crippen LogP contribution in [0.5, 0.6) is 0 Å². The van der Waals surface area contributed by atoms with Crippen LogP contribution in [-0.4, -0.2) is 14.1 Å². The lowest BCUT2D eigenvalue weighted by Crippen LogP contribution is -2.08. The van der Waals surface area contributed by atoms with Gasteiger partial charge in [0.2, 0.25) is 0 Å². The van der Waals surface area contributed by atoms with Crippen molar-refractivity contribution in [3.63, 3.8) is 0 Å². The fourth-order valence-electron chi connectivity index (χ4n) is 1.95. The fraction of sp³-hybridized carbons (Fsp3) is 0.200. The van der Waals surface area contributed by atoms with Gasteiger partial charge in [0, 0.05) is 31.4 Å². The van der Waals surface area contributed by atoms with Crippen molar-refractivity contribution in [2.24, 2.45) is 5.73 Å². The molecule has 0 bridgehead atoms. The Labute approximate surface area is 113 Å². The summed E-state index contributed by atoms with van der Waals surface area (Å²) in [7, 11) is 4.06. The molecule has 0 radical (unpaired) electrons. The third-order valence-corrected chi connectivity index (χ3v) is 3.22. The highest BCUT2D eigenvalue weighted by Gasteiger charge is 2.05. The van der Waals surface area contributed by atoms with E-state index in [-0.39, 0.29) is 0 Å². The molecular formula is C15H17ClN2. The molecule has 0 spiro atoms. The maximum atomic E-state index is 5.99. The van der Waals surface area contributed by atoms with Gasteiger partial charge in [-0.3, -0.25) is 0 Å². The number of hydrogen-bond acceptors (Lipinski definition) is 2. The van der Waals surface area contributed by atoms with Crippen LogP contribution in [0.4, 0.5) is 5.69 Å². The van der Waals surface area contributed by atoms with Gasteiger partial charge >= 0.3 is 0 Å². The Bertz CT molecular complexity index is 533. The molecule has 2 aromatic rings. The summed E-state index contributed by atoms with van der Waals surface area (Å²) in [6.07, 6.45) is 0. The molecule has 0 aliphatic carbocycles. The standard InChI is InChI=1S/C15H17ClN2/c1-18(2)14-6-3-11(4-7-14)15-8-5-13(16)9-12(15)10-17/h3-9H,10,17H2,1-2H3. The normalized spacial score (nSPS) is 10.4. The second-order valence-corrected chi connectivity index (χ2v) is 4.88. The molecule has 0 saturated heterocycles. The molecule has 0 fully saturated rings. The Morgan fingerprint density at radius 1 is 1.06 bits per heavy atom. The lowest BCUT2D eigenvalue weighted by atomic mass is 9.99. The van der Waals surface area contributed by atoms with Crippen molar-refractivity contribution in [2.45, 2.75) is 6.54 Å². The smallest absolute Gasteiger partial charge is 0.0409 e. The van der Waals surface area contributed by atoms with Crippen LogP contribution in [0.1, 0.15) is 5.56 Å². The molecule has 2 nitrogen and oxygen atoms in total. The van der Waals surface area contributed by atoms with Crippen LogP contribution in [0.25, 0.3) is 11.1 Å². The monoisotopic (exact) mass is 260 g/mol. The quantitative estimate of drug-likeness (QED) is 0.915. The molecule has 0 aliphatic heterocycles. The van der Waals surface area contributed by atoms with Crippen LogP contribution in [0.2, 0.25) is 5.02 Å². The lowest BCUT2D eigenvalue weighted by molar-refractivity contribution is 1.07. The number of hydrogen-bond donors (Lipinski definition) is 1. The highest BCUT2D eigenvalue weighted by Crippen LogP contribution is 2.27. The molecule has 18 heavy (non-hydrogen) atoms. The first kappa shape index (κ1) is 12.9. The Morgan fingerprint density at radius 2 is 1.72 bits per heavy atom. The minimum atomic E-state index is 0.491. The van der Waals surface area contributed by atoms with E-state index < -0.39 is 0 Å². The van der Waals surface area contributed by atoms with Gasteiger partial charge in [-0.05, 0) is 41.0 Å². The molecule has 2 rings (SSSR count). The van der Waals surface area contributed by atoms with Gasteiger partial charge in [-0.15, -0.1) is 0 Å². The van der Waals surface area contributed by atoms with Crippen molar-refractivity contribution in [1.82, 2.24) is 0 Å². The van der Waals surface area contributed by atoms with E-state index in [4.69, 9.17) is 17.3 Å². The van der Waals surface area contributed by atoms with E-state index in [1.165, 1.54) is 5.69 Å². The molecule has 2 N–H and O–H groups in total. The number of nitrogens with two attached hydrogens (primary N) is 1. The number of nitrogens with zero attached hydrogens (tertiary/aromatic N) is 1. The van der Waals surface area contributed by atoms with Gasteiger partial charge in [-0.2, -0.15) is 0 Å². The molecule has 3 heteroatoms. The summed E-state index contributed by atoms with van der Waals surface area (Å²) in [6.45, 7) is 0.491. The minimum absolute atomic E-state index is 0.491. The maximum Gasteiger partial charge on any atom is 0.0409 e. The Balaban J connectivity index is 2.42. The average molecular weight is 261 g/mol. The van der Waals surface area contributed by atoms with Gasteiger partial charge in [0.05, 0.1) is 0 Å². The van der Waals surface area contributed by atoms with Crippen molar-refractivity contribution >= 4 is 17.3 Å². The van der Waals surface area contributed by atoms with Gasteiger partial charge in [0.25, 0.3) is 0 Å². The zero-order valence-electron chi connectivity index (χ0n) is 10.7. The van der Waals surface area contributed by atoms with Gasteiger partial charge in [0.1, 0.15) is 0 Å². The van der Waals surface area contributed by atoms with Crippen molar-refractivity contribution in [1.29, 1.82) is 0 Å². The molecule has 0 atom stereocenters. The lowest BCUT2D eigenvalue weighted by Gasteiger charge is -2.14. The van der Waals surface area contributed by atoms with Gasteiger partial charge < -0.3 is 10.6 Å². The average Bonchev–Trinajstić information content (AvgIpc) is 2.38. The Hall–Kier alpha value is -1.51. The maximum absolute atomic E-state index is 5.99. The predicted octanol–water partition coefficient (Wildman–Crippen LogP) is 3.53. The Kier molecular flexibility index (Phi) is 3.90. The Morgan fingerprint density at radius 3 is 2.28 bits per heavy atom. The number of rotatable bonds is 3. The molecule has 0 saturated carbocycles. The summed E-state index contributed by atoms with van der Waals surface area (Å²) in [5, 5.41) is 0.726. The van der Waals surface area contributed by atoms with Crippen LogP contribution >= 0.6 is 11.6 Å². The fourth-order valence-corrected chi connectivity index (χ4v) is 2.15. The van der Waals surface area contributed by atoms with E-state index in [1.807, 2.05) is 32.3 Å². The zero-order chi connectivity index (χ0) is 13.1. The first-order chi connectivity index (χ1) is 8.61. The highest BCUT2D eigenvalue weighted by molar-refractivity contribution is 6.30. The molecular weight excluding hydrogens is 244 g/mol. The van der Waals surface area contributed by atoms with E-state index in [1.54, 1.807) is 0 Å². The van der Waals surface area contributed by atoms with Crippen LogP contribution in [-0.2, 0) is 6.54 Å². The van der Waals surface area contributed by atoms with Crippen LogP contribution in [0.15, 0.2) is 42.5 Å². The minimum Gasteiger partial charge on any atom is -0.378 e. The molecule has 0 amide bonds. The summed E-state index contributed by atoms with van der Waals surface area (Å²) in [4.78, 5) is 2.08. The molecule has 94 valence electrons. The highest BCUT2D eigenvalue weighted by atomic mass is 35.5. The van der Waals surface area contributed by atoms with Crippen molar-refractivity contribution in [3.8, 4) is 11.1 Å². The van der Waals surface area contributed by atoms with Crippen molar-refractivity contribution in [2.75, 3.05) is 19.0 Å². The molecule has 0 unspecified atom stereocenters. The van der Waals surface area contributed by atoms with Gasteiger partial charge in [-0.1, -0.05) is 29.8 Å². The number of anilines is 1. The van der Waals surface area contributed by atoms with E-state index in [2.05, 4.69) is 29.2 Å². The summed E-state index contributed by atoms with van der Waals surface area (Å²) in [5.41, 5.74) is 10.3. The number of halogens is 1. The summed E-state index contributed by atoms with van der Waals surface area (Å²) in [5.74, 6) is 0. The van der Waals surface area contributed by atoms with E-state index in [0.29, 0.717) is 6.54 Å². The van der Waals surface area contributed by atoms with Gasteiger partial charge in [0.15, 0.2) is 0 Å². The topological polar surface area (TPSA) is 29.3 Å². The first-order valence-electron chi connectivity index (χ1n) is 5.88. The summed E-state index contributed by atoms with van der Waals surface area (Å²) >= 11 is 5.99. The first-order valence-corrected chi connectivity index (χ1v) is 6.26.